The number of nitrogens with zero attached hydrogens (tertiary/aromatic N) is 1. The first-order valence-corrected chi connectivity index (χ1v) is 9.95. The lowest BCUT2D eigenvalue weighted by atomic mass is 10.2. The first-order chi connectivity index (χ1) is 12.4. The van der Waals surface area contributed by atoms with E-state index in [9.17, 15) is 17.6 Å². The number of hydrogen-bond acceptors (Lipinski definition) is 3. The SMILES string of the molecule is Cc1ccc(S(=O)(=O)N2C[C@@H]3C[C@H]3[C@H]2C(=O)Nc2ccc(F)cc2)cc1. The number of rotatable bonds is 4. The Labute approximate surface area is 151 Å². The second-order valence-corrected chi connectivity index (χ2v) is 8.88. The van der Waals surface area contributed by atoms with Crippen LogP contribution in [0.5, 0.6) is 0 Å². The number of carbonyl (C=O) groups excluding carboxylic acids is 1. The second-order valence-electron chi connectivity index (χ2n) is 6.99. The molecule has 2 aromatic carbocycles. The van der Waals surface area contributed by atoms with Crippen LogP contribution in [-0.4, -0.2) is 31.2 Å². The van der Waals surface area contributed by atoms with Gasteiger partial charge in [0, 0.05) is 12.2 Å². The fraction of sp³-hybridized carbons (Fsp3) is 0.316. The quantitative estimate of drug-likeness (QED) is 0.895. The van der Waals surface area contributed by atoms with Crippen molar-refractivity contribution in [3.63, 3.8) is 0 Å². The van der Waals surface area contributed by atoms with E-state index in [0.29, 0.717) is 12.2 Å². The van der Waals surface area contributed by atoms with Crippen LogP contribution in [0.2, 0.25) is 0 Å². The topological polar surface area (TPSA) is 66.5 Å². The fourth-order valence-electron chi connectivity index (χ4n) is 3.59. The molecular formula is C19H19FN2O3S. The average molecular weight is 374 g/mol. The van der Waals surface area contributed by atoms with Gasteiger partial charge in [0.05, 0.1) is 4.90 Å². The van der Waals surface area contributed by atoms with Gasteiger partial charge in [0.1, 0.15) is 11.9 Å². The summed E-state index contributed by atoms with van der Waals surface area (Å²) in [5.41, 5.74) is 1.42. The molecule has 7 heteroatoms. The minimum absolute atomic E-state index is 0.0515. The smallest absolute Gasteiger partial charge is 0.243 e. The fourth-order valence-corrected chi connectivity index (χ4v) is 5.28. The molecule has 0 radical (unpaired) electrons. The van der Waals surface area contributed by atoms with Crippen LogP contribution in [0.15, 0.2) is 53.4 Å². The van der Waals surface area contributed by atoms with E-state index in [1.54, 1.807) is 24.3 Å². The lowest BCUT2D eigenvalue weighted by Gasteiger charge is -2.26. The van der Waals surface area contributed by atoms with E-state index < -0.39 is 21.9 Å². The summed E-state index contributed by atoms with van der Waals surface area (Å²) in [4.78, 5) is 13.0. The standard InChI is InChI=1S/C19H19FN2O3S/c1-12-2-8-16(9-3-12)26(24,25)22-11-13-10-17(13)18(22)19(23)21-15-6-4-14(20)5-7-15/h2-9,13,17-18H,10-11H2,1H3,(H,21,23)/t13-,17+,18-/m0/s1. The van der Waals surface area contributed by atoms with Gasteiger partial charge < -0.3 is 5.32 Å². The van der Waals surface area contributed by atoms with E-state index in [2.05, 4.69) is 5.32 Å². The van der Waals surface area contributed by atoms with Crippen LogP contribution in [0.3, 0.4) is 0 Å². The predicted octanol–water partition coefficient (Wildman–Crippen LogP) is 2.78. The summed E-state index contributed by atoms with van der Waals surface area (Å²) in [7, 11) is -3.74. The number of fused-ring (bicyclic) bond motifs is 1. The van der Waals surface area contributed by atoms with E-state index in [1.807, 2.05) is 6.92 Å². The molecule has 1 saturated carbocycles. The maximum Gasteiger partial charge on any atom is 0.243 e. The summed E-state index contributed by atoms with van der Waals surface area (Å²) in [5, 5.41) is 2.72. The molecule has 3 atom stereocenters. The summed E-state index contributed by atoms with van der Waals surface area (Å²) >= 11 is 0. The van der Waals surface area contributed by atoms with Gasteiger partial charge in [-0.25, -0.2) is 12.8 Å². The van der Waals surface area contributed by atoms with E-state index in [0.717, 1.165) is 12.0 Å². The predicted molar refractivity (Wildman–Crippen MR) is 95.5 cm³/mol. The molecule has 1 aliphatic heterocycles. The minimum Gasteiger partial charge on any atom is -0.325 e. The Morgan fingerprint density at radius 1 is 1.12 bits per heavy atom. The highest BCUT2D eigenvalue weighted by molar-refractivity contribution is 7.89. The van der Waals surface area contributed by atoms with Crippen LogP contribution in [0, 0.1) is 24.6 Å². The highest BCUT2D eigenvalue weighted by Gasteiger charge is 2.58. The van der Waals surface area contributed by atoms with Crippen molar-refractivity contribution in [2.75, 3.05) is 11.9 Å². The van der Waals surface area contributed by atoms with Gasteiger partial charge in [0.15, 0.2) is 0 Å². The van der Waals surface area contributed by atoms with E-state index in [-0.39, 0.29) is 22.6 Å². The maximum absolute atomic E-state index is 13.0. The number of halogens is 1. The van der Waals surface area contributed by atoms with Gasteiger partial charge >= 0.3 is 0 Å². The number of carbonyl (C=O) groups is 1. The maximum atomic E-state index is 13.0. The number of benzene rings is 2. The molecular weight excluding hydrogens is 355 g/mol. The molecule has 1 N–H and O–H groups in total. The number of piperidine rings is 1. The number of amides is 1. The van der Waals surface area contributed by atoms with Crippen molar-refractivity contribution in [2.45, 2.75) is 24.3 Å². The zero-order chi connectivity index (χ0) is 18.5. The van der Waals surface area contributed by atoms with Gasteiger partial charge in [-0.1, -0.05) is 17.7 Å². The largest absolute Gasteiger partial charge is 0.325 e. The summed E-state index contributed by atoms with van der Waals surface area (Å²) in [6, 6.07) is 11.4. The Morgan fingerprint density at radius 2 is 1.77 bits per heavy atom. The van der Waals surface area contributed by atoms with Gasteiger partial charge in [-0.05, 0) is 61.6 Å². The van der Waals surface area contributed by atoms with Crippen molar-refractivity contribution in [3.8, 4) is 0 Å². The molecule has 26 heavy (non-hydrogen) atoms. The molecule has 2 aromatic rings. The second kappa shape index (κ2) is 6.17. The van der Waals surface area contributed by atoms with Crippen molar-refractivity contribution in [2.24, 2.45) is 11.8 Å². The number of hydrogen-bond donors (Lipinski definition) is 1. The summed E-state index contributed by atoms with van der Waals surface area (Å²) in [5.74, 6) is -0.471. The molecule has 1 aliphatic carbocycles. The monoisotopic (exact) mass is 374 g/mol. The van der Waals surface area contributed by atoms with Crippen LogP contribution < -0.4 is 5.32 Å². The molecule has 2 fully saturated rings. The molecule has 1 heterocycles. The Bertz CT molecular complexity index is 942. The summed E-state index contributed by atoms with van der Waals surface area (Å²) < 4.78 is 40.4. The zero-order valence-corrected chi connectivity index (χ0v) is 15.0. The lowest BCUT2D eigenvalue weighted by Crippen LogP contribution is -2.45. The third-order valence-corrected chi connectivity index (χ3v) is 6.98. The van der Waals surface area contributed by atoms with Crippen molar-refractivity contribution in [1.29, 1.82) is 0 Å². The van der Waals surface area contributed by atoms with Crippen LogP contribution in [0.25, 0.3) is 0 Å². The van der Waals surface area contributed by atoms with Crippen LogP contribution in [0.4, 0.5) is 10.1 Å². The number of sulfonamides is 1. The highest BCUT2D eigenvalue weighted by Crippen LogP contribution is 2.51. The Kier molecular flexibility index (Phi) is 4.08. The van der Waals surface area contributed by atoms with Gasteiger partial charge in [-0.2, -0.15) is 4.31 Å². The first-order valence-electron chi connectivity index (χ1n) is 8.51. The highest BCUT2D eigenvalue weighted by atomic mass is 32.2. The van der Waals surface area contributed by atoms with Gasteiger partial charge in [0.25, 0.3) is 0 Å². The molecule has 1 saturated heterocycles. The van der Waals surface area contributed by atoms with Crippen LogP contribution in [-0.2, 0) is 14.8 Å². The molecule has 0 aromatic heterocycles. The third-order valence-electron chi connectivity index (χ3n) is 5.12. The molecule has 0 bridgehead atoms. The molecule has 0 spiro atoms. The molecule has 2 aliphatic rings. The van der Waals surface area contributed by atoms with Crippen molar-refractivity contribution in [3.05, 3.63) is 59.9 Å². The normalized spacial score (nSPS) is 24.9. The molecule has 0 unspecified atom stereocenters. The van der Waals surface area contributed by atoms with Crippen molar-refractivity contribution >= 4 is 21.6 Å². The van der Waals surface area contributed by atoms with Gasteiger partial charge in [-0.3, -0.25) is 4.79 Å². The molecule has 5 nitrogen and oxygen atoms in total. The molecule has 136 valence electrons. The Morgan fingerprint density at radius 3 is 2.42 bits per heavy atom. The van der Waals surface area contributed by atoms with Crippen LogP contribution in [0.1, 0.15) is 12.0 Å². The van der Waals surface area contributed by atoms with E-state index in [1.165, 1.54) is 28.6 Å². The van der Waals surface area contributed by atoms with Crippen molar-refractivity contribution < 1.29 is 17.6 Å². The zero-order valence-electron chi connectivity index (χ0n) is 14.2. The first kappa shape index (κ1) is 17.2. The van der Waals surface area contributed by atoms with Gasteiger partial charge in [0.2, 0.25) is 15.9 Å². The third kappa shape index (κ3) is 3.01. The minimum atomic E-state index is -3.74. The number of anilines is 1. The molecule has 4 rings (SSSR count). The summed E-state index contributed by atoms with van der Waals surface area (Å²) in [6.07, 6.45) is 0.863. The van der Waals surface area contributed by atoms with E-state index in [4.69, 9.17) is 0 Å². The lowest BCUT2D eigenvalue weighted by molar-refractivity contribution is -0.119. The Hall–Kier alpha value is -2.25. The van der Waals surface area contributed by atoms with Gasteiger partial charge in [-0.15, -0.1) is 0 Å². The summed E-state index contributed by atoms with van der Waals surface area (Å²) in [6.45, 7) is 2.25. The Balaban J connectivity index is 1.59. The number of nitrogens with one attached hydrogen (secondary N) is 1. The van der Waals surface area contributed by atoms with E-state index >= 15 is 0 Å². The molecule has 1 amide bonds. The number of aryl methyl sites for hydroxylation is 1. The van der Waals surface area contributed by atoms with Crippen LogP contribution >= 0.6 is 0 Å². The average Bonchev–Trinajstić information content (AvgIpc) is 3.26. The van der Waals surface area contributed by atoms with Crippen molar-refractivity contribution in [1.82, 2.24) is 4.31 Å².